The van der Waals surface area contributed by atoms with Gasteiger partial charge in [0.2, 0.25) is 0 Å². The van der Waals surface area contributed by atoms with Crippen molar-refractivity contribution in [3.63, 3.8) is 0 Å². The van der Waals surface area contributed by atoms with Crippen LogP contribution in [0.2, 0.25) is 0 Å². The van der Waals surface area contributed by atoms with Crippen LogP contribution in [0.5, 0.6) is 0 Å². The molecule has 0 saturated carbocycles. The zero-order valence-corrected chi connectivity index (χ0v) is 4.57. The average Bonchev–Trinajstić information content (AvgIpc) is 2.33. The van der Waals surface area contributed by atoms with Crippen LogP contribution in [0.4, 0.5) is 0 Å². The number of hydrogen-bond acceptors (Lipinski definition) is 2. The summed E-state index contributed by atoms with van der Waals surface area (Å²) in [5, 5.41) is 7.45. The van der Waals surface area contributed by atoms with Gasteiger partial charge in [0.1, 0.15) is 6.33 Å². The van der Waals surface area contributed by atoms with E-state index < -0.39 is 0 Å². The lowest BCUT2D eigenvalue weighted by atomic mass is 10.5. The van der Waals surface area contributed by atoms with Gasteiger partial charge in [-0.25, -0.2) is 0 Å². The van der Waals surface area contributed by atoms with Crippen molar-refractivity contribution in [2.24, 2.45) is 0 Å². The van der Waals surface area contributed by atoms with Crippen LogP contribution in [0.3, 0.4) is 0 Å². The summed E-state index contributed by atoms with van der Waals surface area (Å²) < 4.78 is 1.77. The monoisotopic (exact) mass is 117 g/mol. The molecule has 0 aliphatic carbocycles. The summed E-state index contributed by atoms with van der Waals surface area (Å²) in [6, 6.07) is 7.28. The lowest BCUT2D eigenvalue weighted by molar-refractivity contribution is 1.10. The first kappa shape index (κ1) is 4.49. The van der Waals surface area contributed by atoms with Crippen molar-refractivity contribution < 1.29 is 0 Å². The lowest BCUT2D eigenvalue weighted by Gasteiger charge is -1.83. The Balaban J connectivity index is 2.95. The van der Waals surface area contributed by atoms with Crippen LogP contribution in [-0.4, -0.2) is 14.6 Å². The third kappa shape index (κ3) is 0.579. The highest BCUT2D eigenvalue weighted by Crippen LogP contribution is 1.92. The Morgan fingerprint density at radius 2 is 2.44 bits per heavy atom. The van der Waals surface area contributed by atoms with Gasteiger partial charge < -0.3 is 0 Å². The molecule has 0 unspecified atom stereocenters. The van der Waals surface area contributed by atoms with E-state index in [9.17, 15) is 0 Å². The molecule has 42 valence electrons. The number of hydrogen-bond donors (Lipinski definition) is 0. The van der Waals surface area contributed by atoms with E-state index in [2.05, 4.69) is 22.3 Å². The van der Waals surface area contributed by atoms with Gasteiger partial charge in [0.15, 0.2) is 5.65 Å². The van der Waals surface area contributed by atoms with E-state index in [0.717, 1.165) is 5.65 Å². The smallest absolute Gasteiger partial charge is 0.161 e. The Kier molecular flexibility index (Phi) is 0.773. The fourth-order valence-corrected chi connectivity index (χ4v) is 0.667. The Morgan fingerprint density at radius 1 is 1.44 bits per heavy atom. The molecule has 2 aromatic rings. The Bertz CT molecular complexity index is 282. The van der Waals surface area contributed by atoms with E-state index in [0.29, 0.717) is 0 Å². The van der Waals surface area contributed by atoms with Crippen molar-refractivity contribution in [1.29, 1.82) is 0 Å². The van der Waals surface area contributed by atoms with Gasteiger partial charge in [0, 0.05) is 12.3 Å². The zero-order chi connectivity index (χ0) is 6.10. The van der Waals surface area contributed by atoms with Gasteiger partial charge in [-0.15, -0.1) is 10.2 Å². The molecule has 0 N–H and O–H groups in total. The molecule has 0 bridgehead atoms. The van der Waals surface area contributed by atoms with Crippen molar-refractivity contribution in [3.8, 4) is 0 Å². The lowest BCUT2D eigenvalue weighted by Crippen LogP contribution is -1.78. The van der Waals surface area contributed by atoms with Crippen molar-refractivity contribution >= 4 is 5.65 Å². The van der Waals surface area contributed by atoms with Crippen molar-refractivity contribution in [3.05, 3.63) is 30.7 Å². The van der Waals surface area contributed by atoms with Gasteiger partial charge in [-0.2, -0.15) is 0 Å². The standard InChI is InChI=1S/C6H3N3/c1-2-4-9-5-7-8-6(9)3-1/h3-5H. The maximum absolute atomic E-state index is 3.78. The first-order chi connectivity index (χ1) is 4.47. The average molecular weight is 117 g/mol. The molecule has 3 nitrogen and oxygen atoms in total. The Labute approximate surface area is 52.0 Å². The summed E-state index contributed by atoms with van der Waals surface area (Å²) in [6.45, 7) is 0. The summed E-state index contributed by atoms with van der Waals surface area (Å²) in [7, 11) is 0. The predicted molar refractivity (Wildman–Crippen MR) is 30.7 cm³/mol. The predicted octanol–water partition coefficient (Wildman–Crippen LogP) is 0.330. The van der Waals surface area contributed by atoms with E-state index in [4.69, 9.17) is 0 Å². The molecule has 2 radical (unpaired) electrons. The van der Waals surface area contributed by atoms with E-state index in [-0.39, 0.29) is 0 Å². The maximum atomic E-state index is 3.78. The van der Waals surface area contributed by atoms with Gasteiger partial charge >= 0.3 is 0 Å². The van der Waals surface area contributed by atoms with Crippen LogP contribution in [0.15, 0.2) is 18.6 Å². The van der Waals surface area contributed by atoms with Crippen LogP contribution >= 0.6 is 0 Å². The summed E-state index contributed by atoms with van der Waals surface area (Å²) in [4.78, 5) is 0. The highest BCUT2D eigenvalue weighted by molar-refractivity contribution is 5.33. The fraction of sp³-hybridized carbons (Fsp3) is 0. The van der Waals surface area contributed by atoms with E-state index in [1.165, 1.54) is 0 Å². The van der Waals surface area contributed by atoms with Crippen LogP contribution < -0.4 is 0 Å². The second-order valence-corrected chi connectivity index (χ2v) is 1.66. The molecule has 0 aliphatic heterocycles. The molecule has 0 spiro atoms. The minimum absolute atomic E-state index is 0.800. The first-order valence-corrected chi connectivity index (χ1v) is 2.54. The molecular weight excluding hydrogens is 114 g/mol. The van der Waals surface area contributed by atoms with E-state index in [1.54, 1.807) is 23.0 Å². The number of rotatable bonds is 0. The molecule has 3 heteroatoms. The molecule has 9 heavy (non-hydrogen) atoms. The second-order valence-electron chi connectivity index (χ2n) is 1.66. The maximum Gasteiger partial charge on any atom is 0.161 e. The zero-order valence-electron chi connectivity index (χ0n) is 4.57. The van der Waals surface area contributed by atoms with Crippen LogP contribution in [0.25, 0.3) is 5.65 Å². The summed E-state index contributed by atoms with van der Waals surface area (Å²) in [5.41, 5.74) is 0.800. The Hall–Kier alpha value is -1.38. The topological polar surface area (TPSA) is 30.2 Å². The number of fused-ring (bicyclic) bond motifs is 1. The van der Waals surface area contributed by atoms with Gasteiger partial charge in [0.25, 0.3) is 0 Å². The quantitative estimate of drug-likeness (QED) is 0.497. The highest BCUT2D eigenvalue weighted by atomic mass is 15.2. The normalized spacial score (nSPS) is 10.2. The summed E-state index contributed by atoms with van der Waals surface area (Å²) in [6.07, 6.45) is 3.36. The first-order valence-electron chi connectivity index (χ1n) is 2.54. The summed E-state index contributed by atoms with van der Waals surface area (Å²) in [5.74, 6) is 0. The SMILES string of the molecule is [c]1[c]cn2cnnc2c1. The molecule has 2 rings (SSSR count). The molecular formula is C6H3N3. The minimum Gasteiger partial charge on any atom is -0.288 e. The molecule has 2 aromatic heterocycles. The van der Waals surface area contributed by atoms with Gasteiger partial charge in [-0.3, -0.25) is 4.40 Å². The highest BCUT2D eigenvalue weighted by Gasteiger charge is 1.87. The van der Waals surface area contributed by atoms with E-state index >= 15 is 0 Å². The van der Waals surface area contributed by atoms with Crippen LogP contribution in [-0.2, 0) is 0 Å². The Morgan fingerprint density at radius 3 is 3.33 bits per heavy atom. The van der Waals surface area contributed by atoms with Gasteiger partial charge in [0.05, 0.1) is 0 Å². The van der Waals surface area contributed by atoms with Crippen molar-refractivity contribution in [1.82, 2.24) is 14.6 Å². The number of aromatic nitrogens is 3. The summed E-state index contributed by atoms with van der Waals surface area (Å²) >= 11 is 0. The molecule has 0 amide bonds. The largest absolute Gasteiger partial charge is 0.288 e. The molecule has 0 aliphatic rings. The minimum atomic E-state index is 0.800. The van der Waals surface area contributed by atoms with Crippen LogP contribution in [0.1, 0.15) is 0 Å². The molecule has 0 aromatic carbocycles. The number of pyridine rings is 1. The fourth-order valence-electron chi connectivity index (χ4n) is 0.667. The molecule has 2 heterocycles. The second kappa shape index (κ2) is 1.55. The molecule has 0 fully saturated rings. The number of nitrogens with zero attached hydrogens (tertiary/aromatic N) is 3. The van der Waals surface area contributed by atoms with Gasteiger partial charge in [-0.05, 0) is 12.1 Å². The van der Waals surface area contributed by atoms with Crippen molar-refractivity contribution in [2.45, 2.75) is 0 Å². The van der Waals surface area contributed by atoms with Crippen molar-refractivity contribution in [2.75, 3.05) is 0 Å². The van der Waals surface area contributed by atoms with Gasteiger partial charge in [-0.1, -0.05) is 0 Å². The third-order valence-electron chi connectivity index (χ3n) is 1.09. The van der Waals surface area contributed by atoms with Crippen LogP contribution in [0, 0.1) is 12.1 Å². The molecule has 0 saturated heterocycles. The molecule has 0 atom stereocenters. The third-order valence-corrected chi connectivity index (χ3v) is 1.09. The van der Waals surface area contributed by atoms with E-state index in [1.807, 2.05) is 0 Å².